The molecule has 19 heavy (non-hydrogen) atoms. The lowest BCUT2D eigenvalue weighted by Crippen LogP contribution is -2.46. The summed E-state index contributed by atoms with van der Waals surface area (Å²) in [6.45, 7) is 7.62. The summed E-state index contributed by atoms with van der Waals surface area (Å²) in [5.41, 5.74) is 0.852. The van der Waals surface area contributed by atoms with Gasteiger partial charge in [0.2, 0.25) is 4.77 Å². The number of H-pyrrole nitrogens is 2. The second-order valence-electron chi connectivity index (χ2n) is 4.45. The third-order valence-corrected chi connectivity index (χ3v) is 4.42. The fourth-order valence-corrected chi connectivity index (χ4v) is 3.17. The van der Waals surface area contributed by atoms with Gasteiger partial charge in [-0.2, -0.15) is 4.98 Å². The van der Waals surface area contributed by atoms with E-state index in [1.54, 1.807) is 11.3 Å². The Bertz CT molecular complexity index is 592. The van der Waals surface area contributed by atoms with Crippen molar-refractivity contribution in [1.82, 2.24) is 25.1 Å². The summed E-state index contributed by atoms with van der Waals surface area (Å²) in [7, 11) is 0. The molecule has 0 unspecified atom stereocenters. The molecule has 0 radical (unpaired) electrons. The van der Waals surface area contributed by atoms with Crippen LogP contribution in [0.4, 0.5) is 5.13 Å². The summed E-state index contributed by atoms with van der Waals surface area (Å²) in [5.74, 6) is 0.708. The number of nitrogens with zero attached hydrogens (tertiary/aromatic N) is 4. The summed E-state index contributed by atoms with van der Waals surface area (Å²) >= 11 is 6.61. The number of nitrogens with one attached hydrogen (secondary N) is 2. The van der Waals surface area contributed by atoms with E-state index in [4.69, 9.17) is 12.2 Å². The molecular formula is C11H16N6S2. The SMILES string of the molecule is CCN1CCN(c2nc(-c3nc(=S)[nH][nH]3)cs2)CC1. The number of likely N-dealkylation sites (N-methyl/N-ethyl adjacent to an activating group) is 1. The zero-order valence-corrected chi connectivity index (χ0v) is 12.4. The second-order valence-corrected chi connectivity index (χ2v) is 5.68. The molecule has 1 aliphatic heterocycles. The molecular weight excluding hydrogens is 280 g/mol. The van der Waals surface area contributed by atoms with Gasteiger partial charge in [-0.25, -0.2) is 4.98 Å². The van der Waals surface area contributed by atoms with E-state index >= 15 is 0 Å². The van der Waals surface area contributed by atoms with Crippen LogP contribution in [0.3, 0.4) is 0 Å². The smallest absolute Gasteiger partial charge is 0.213 e. The maximum atomic E-state index is 4.95. The molecule has 0 amide bonds. The lowest BCUT2D eigenvalue weighted by molar-refractivity contribution is 0.271. The molecule has 1 aliphatic rings. The van der Waals surface area contributed by atoms with Crippen LogP contribution in [0.25, 0.3) is 11.5 Å². The van der Waals surface area contributed by atoms with E-state index in [0.717, 1.165) is 43.5 Å². The molecule has 0 saturated carbocycles. The molecule has 1 saturated heterocycles. The van der Waals surface area contributed by atoms with Crippen LogP contribution in [-0.4, -0.2) is 57.8 Å². The van der Waals surface area contributed by atoms with Gasteiger partial charge >= 0.3 is 0 Å². The van der Waals surface area contributed by atoms with Gasteiger partial charge in [0, 0.05) is 31.6 Å². The lowest BCUT2D eigenvalue weighted by atomic mass is 10.3. The second kappa shape index (κ2) is 5.40. The van der Waals surface area contributed by atoms with E-state index in [1.807, 2.05) is 5.38 Å². The monoisotopic (exact) mass is 296 g/mol. The minimum absolute atomic E-state index is 0.459. The molecule has 1 fully saturated rings. The van der Waals surface area contributed by atoms with Crippen LogP contribution in [0.5, 0.6) is 0 Å². The summed E-state index contributed by atoms with van der Waals surface area (Å²) in [5, 5.41) is 8.80. The Morgan fingerprint density at radius 3 is 2.68 bits per heavy atom. The largest absolute Gasteiger partial charge is 0.346 e. The van der Waals surface area contributed by atoms with Crippen LogP contribution < -0.4 is 4.90 Å². The van der Waals surface area contributed by atoms with Crippen LogP contribution in [0.15, 0.2) is 5.38 Å². The van der Waals surface area contributed by atoms with Crippen molar-refractivity contribution in [3.05, 3.63) is 10.2 Å². The Kier molecular flexibility index (Phi) is 3.63. The quantitative estimate of drug-likeness (QED) is 0.845. The number of piperazine rings is 1. The van der Waals surface area contributed by atoms with Crippen LogP contribution in [0, 0.1) is 4.77 Å². The minimum atomic E-state index is 0.459. The summed E-state index contributed by atoms with van der Waals surface area (Å²) in [6, 6.07) is 0. The molecule has 2 N–H and O–H groups in total. The third kappa shape index (κ3) is 2.70. The van der Waals surface area contributed by atoms with E-state index in [0.29, 0.717) is 10.6 Å². The molecule has 0 aliphatic carbocycles. The van der Waals surface area contributed by atoms with Gasteiger partial charge < -0.3 is 9.80 Å². The molecule has 8 heteroatoms. The Hall–Kier alpha value is -1.25. The van der Waals surface area contributed by atoms with Crippen LogP contribution in [-0.2, 0) is 0 Å². The molecule has 0 atom stereocenters. The zero-order valence-electron chi connectivity index (χ0n) is 10.7. The van der Waals surface area contributed by atoms with Crippen molar-refractivity contribution >= 4 is 28.7 Å². The number of aromatic amines is 2. The third-order valence-electron chi connectivity index (χ3n) is 3.33. The van der Waals surface area contributed by atoms with Gasteiger partial charge in [0.05, 0.1) is 0 Å². The van der Waals surface area contributed by atoms with E-state index < -0.39 is 0 Å². The number of hydrogen-bond donors (Lipinski definition) is 2. The molecule has 0 aromatic carbocycles. The number of anilines is 1. The highest BCUT2D eigenvalue weighted by Gasteiger charge is 2.19. The van der Waals surface area contributed by atoms with Gasteiger partial charge in [0.25, 0.3) is 0 Å². The van der Waals surface area contributed by atoms with Crippen molar-refractivity contribution in [2.24, 2.45) is 0 Å². The first-order chi connectivity index (χ1) is 9.26. The first-order valence-electron chi connectivity index (χ1n) is 6.34. The zero-order chi connectivity index (χ0) is 13.2. The molecule has 2 aromatic heterocycles. The van der Waals surface area contributed by atoms with Gasteiger partial charge in [-0.1, -0.05) is 6.92 Å². The summed E-state index contributed by atoms with van der Waals surface area (Å²) in [6.07, 6.45) is 0. The average molecular weight is 296 g/mol. The van der Waals surface area contributed by atoms with Gasteiger partial charge in [-0.05, 0) is 18.8 Å². The van der Waals surface area contributed by atoms with Gasteiger partial charge in [-0.3, -0.25) is 10.2 Å². The Balaban J connectivity index is 1.73. The van der Waals surface area contributed by atoms with E-state index in [9.17, 15) is 0 Å². The van der Waals surface area contributed by atoms with E-state index in [1.165, 1.54) is 0 Å². The Morgan fingerprint density at radius 1 is 1.26 bits per heavy atom. The predicted octanol–water partition coefficient (Wildman–Crippen LogP) is 1.73. The average Bonchev–Trinajstić information content (AvgIpc) is 3.07. The van der Waals surface area contributed by atoms with Crippen LogP contribution in [0.2, 0.25) is 0 Å². The highest BCUT2D eigenvalue weighted by molar-refractivity contribution is 7.71. The number of hydrogen-bond acceptors (Lipinski definition) is 6. The normalized spacial score (nSPS) is 17.0. The molecule has 102 valence electrons. The molecule has 0 bridgehead atoms. The van der Waals surface area contributed by atoms with Crippen LogP contribution >= 0.6 is 23.6 Å². The first kappa shape index (κ1) is 12.8. The first-order valence-corrected chi connectivity index (χ1v) is 7.63. The Morgan fingerprint density at radius 2 is 2.05 bits per heavy atom. The summed E-state index contributed by atoms with van der Waals surface area (Å²) in [4.78, 5) is 13.6. The number of thiazole rings is 1. The van der Waals surface area contributed by atoms with Gasteiger partial charge in [0.15, 0.2) is 11.0 Å². The number of rotatable bonds is 3. The predicted molar refractivity (Wildman–Crippen MR) is 79.2 cm³/mol. The van der Waals surface area contributed by atoms with Crippen molar-refractivity contribution in [3.8, 4) is 11.5 Å². The fourth-order valence-electron chi connectivity index (χ4n) is 2.17. The highest BCUT2D eigenvalue weighted by atomic mass is 32.1. The topological polar surface area (TPSA) is 63.8 Å². The maximum absolute atomic E-state index is 4.95. The summed E-state index contributed by atoms with van der Waals surface area (Å²) < 4.78 is 0.459. The van der Waals surface area contributed by atoms with Crippen molar-refractivity contribution in [2.75, 3.05) is 37.6 Å². The van der Waals surface area contributed by atoms with E-state index in [-0.39, 0.29) is 0 Å². The van der Waals surface area contributed by atoms with Gasteiger partial charge in [-0.15, -0.1) is 11.3 Å². The maximum Gasteiger partial charge on any atom is 0.213 e. The Labute approximate surface area is 120 Å². The molecule has 3 rings (SSSR count). The standard InChI is InChI=1S/C11H16N6S2/c1-2-16-3-5-17(6-4-16)11-12-8(7-19-11)9-13-10(18)15-14-9/h7H,2-6H2,1H3,(H2,13,14,15,18). The molecule has 6 nitrogen and oxygen atoms in total. The molecule has 2 aromatic rings. The highest BCUT2D eigenvalue weighted by Crippen LogP contribution is 2.26. The van der Waals surface area contributed by atoms with Crippen molar-refractivity contribution in [1.29, 1.82) is 0 Å². The van der Waals surface area contributed by atoms with Crippen LogP contribution in [0.1, 0.15) is 6.92 Å². The molecule has 3 heterocycles. The number of aromatic nitrogens is 4. The van der Waals surface area contributed by atoms with Crippen molar-refractivity contribution < 1.29 is 0 Å². The van der Waals surface area contributed by atoms with Crippen molar-refractivity contribution in [3.63, 3.8) is 0 Å². The van der Waals surface area contributed by atoms with E-state index in [2.05, 4.69) is 36.9 Å². The van der Waals surface area contributed by atoms with Gasteiger partial charge in [0.1, 0.15) is 5.69 Å². The molecule has 0 spiro atoms. The minimum Gasteiger partial charge on any atom is -0.346 e. The van der Waals surface area contributed by atoms with Crippen molar-refractivity contribution in [2.45, 2.75) is 6.92 Å². The lowest BCUT2D eigenvalue weighted by Gasteiger charge is -2.33. The fraction of sp³-hybridized carbons (Fsp3) is 0.545.